The van der Waals surface area contributed by atoms with E-state index < -0.39 is 5.82 Å². The van der Waals surface area contributed by atoms with Crippen LogP contribution in [0.15, 0.2) is 30.5 Å². The Morgan fingerprint density at radius 1 is 1.33 bits per heavy atom. The SMILES string of the molecule is CC(CO)N(C)c1ccc2c(c1)N(C(=O)C1CCCCC1)Cc1cc(F)cnc1N2. The largest absolute Gasteiger partial charge is 0.394 e. The van der Waals surface area contributed by atoms with Gasteiger partial charge in [0.15, 0.2) is 0 Å². The number of rotatable bonds is 4. The molecule has 7 heteroatoms. The van der Waals surface area contributed by atoms with Crippen LogP contribution in [0.3, 0.4) is 0 Å². The molecule has 2 aromatic rings. The van der Waals surface area contributed by atoms with E-state index >= 15 is 0 Å². The number of hydrogen-bond donors (Lipinski definition) is 2. The van der Waals surface area contributed by atoms with Crippen molar-refractivity contribution in [3.05, 3.63) is 41.8 Å². The summed E-state index contributed by atoms with van der Waals surface area (Å²) in [6.45, 7) is 2.25. The zero-order valence-corrected chi connectivity index (χ0v) is 17.6. The second-order valence-electron chi connectivity index (χ2n) is 8.39. The summed E-state index contributed by atoms with van der Waals surface area (Å²) >= 11 is 0. The van der Waals surface area contributed by atoms with Crippen molar-refractivity contribution in [3.8, 4) is 0 Å². The highest BCUT2D eigenvalue weighted by atomic mass is 19.1. The number of aromatic nitrogens is 1. The Hall–Kier alpha value is -2.67. The number of fused-ring (bicyclic) bond motifs is 2. The van der Waals surface area contributed by atoms with Crippen molar-refractivity contribution >= 4 is 28.8 Å². The minimum atomic E-state index is -0.413. The fraction of sp³-hybridized carbons (Fsp3) is 0.478. The first-order chi connectivity index (χ1) is 14.5. The molecule has 0 spiro atoms. The van der Waals surface area contributed by atoms with Crippen LogP contribution in [-0.4, -0.2) is 35.7 Å². The Kier molecular flexibility index (Phi) is 5.90. The van der Waals surface area contributed by atoms with Gasteiger partial charge in [0.2, 0.25) is 5.91 Å². The smallest absolute Gasteiger partial charge is 0.230 e. The van der Waals surface area contributed by atoms with E-state index in [2.05, 4.69) is 10.3 Å². The van der Waals surface area contributed by atoms with Crippen LogP contribution in [0, 0.1) is 11.7 Å². The first-order valence-electron chi connectivity index (χ1n) is 10.7. The number of nitrogens with zero attached hydrogens (tertiary/aromatic N) is 3. The van der Waals surface area contributed by atoms with Gasteiger partial charge in [-0.15, -0.1) is 0 Å². The zero-order valence-electron chi connectivity index (χ0n) is 17.6. The number of halogens is 1. The standard InChI is InChI=1S/C23H29FN4O2/c1-15(14-29)27(2)19-8-9-20-21(11-19)28(23(30)16-6-4-3-5-7-16)13-17-10-18(24)12-25-22(17)26-20/h8-12,15-16,29H,3-7,13-14H2,1-2H3,(H,25,26). The predicted molar refractivity (Wildman–Crippen MR) is 117 cm³/mol. The Morgan fingerprint density at radius 3 is 2.83 bits per heavy atom. The minimum absolute atomic E-state index is 0.00702. The third-order valence-electron chi connectivity index (χ3n) is 6.34. The molecule has 1 amide bonds. The fourth-order valence-corrected chi connectivity index (χ4v) is 4.31. The summed E-state index contributed by atoms with van der Waals surface area (Å²) in [4.78, 5) is 21.5. The molecular formula is C23H29FN4O2. The van der Waals surface area contributed by atoms with Crippen molar-refractivity contribution < 1.29 is 14.3 Å². The van der Waals surface area contributed by atoms with Gasteiger partial charge < -0.3 is 20.2 Å². The van der Waals surface area contributed by atoms with Crippen LogP contribution in [0.5, 0.6) is 0 Å². The number of anilines is 4. The number of nitrogens with one attached hydrogen (secondary N) is 1. The molecule has 1 atom stereocenters. The molecule has 6 nitrogen and oxygen atoms in total. The molecule has 4 rings (SSSR count). The molecule has 0 bridgehead atoms. The number of carbonyl (C=O) groups is 1. The number of benzene rings is 1. The Balaban J connectivity index is 1.77. The minimum Gasteiger partial charge on any atom is -0.394 e. The molecule has 1 saturated carbocycles. The Morgan fingerprint density at radius 2 is 2.10 bits per heavy atom. The van der Waals surface area contributed by atoms with Crippen molar-refractivity contribution in [3.63, 3.8) is 0 Å². The summed E-state index contributed by atoms with van der Waals surface area (Å²) in [5, 5.41) is 12.8. The molecule has 0 saturated heterocycles. The van der Waals surface area contributed by atoms with Gasteiger partial charge in [0, 0.05) is 30.3 Å². The summed E-state index contributed by atoms with van der Waals surface area (Å²) in [5.74, 6) is 0.238. The van der Waals surface area contributed by atoms with Gasteiger partial charge in [-0.1, -0.05) is 19.3 Å². The van der Waals surface area contributed by atoms with Crippen LogP contribution in [-0.2, 0) is 11.3 Å². The quantitative estimate of drug-likeness (QED) is 0.787. The Bertz CT molecular complexity index is 929. The average Bonchev–Trinajstić information content (AvgIpc) is 2.94. The number of aliphatic hydroxyl groups excluding tert-OH is 1. The molecule has 1 aromatic carbocycles. The van der Waals surface area contributed by atoms with Gasteiger partial charge in [-0.3, -0.25) is 4.79 Å². The molecule has 160 valence electrons. The van der Waals surface area contributed by atoms with E-state index in [1.807, 2.05) is 37.1 Å². The summed E-state index contributed by atoms with van der Waals surface area (Å²) in [6, 6.07) is 7.24. The molecule has 1 aromatic heterocycles. The molecule has 1 unspecified atom stereocenters. The van der Waals surface area contributed by atoms with Crippen LogP contribution < -0.4 is 15.1 Å². The van der Waals surface area contributed by atoms with E-state index in [-0.39, 0.29) is 31.0 Å². The van der Waals surface area contributed by atoms with Gasteiger partial charge in [-0.2, -0.15) is 0 Å². The van der Waals surface area contributed by atoms with Gasteiger partial charge in [0.1, 0.15) is 11.6 Å². The van der Waals surface area contributed by atoms with Gasteiger partial charge in [-0.25, -0.2) is 9.37 Å². The van der Waals surface area contributed by atoms with Crippen molar-refractivity contribution in [2.45, 2.75) is 51.6 Å². The average molecular weight is 413 g/mol. The van der Waals surface area contributed by atoms with Gasteiger partial charge in [-0.05, 0) is 44.0 Å². The van der Waals surface area contributed by atoms with E-state index in [0.29, 0.717) is 11.4 Å². The van der Waals surface area contributed by atoms with Crippen LogP contribution >= 0.6 is 0 Å². The van der Waals surface area contributed by atoms with Crippen molar-refractivity contribution in [2.24, 2.45) is 5.92 Å². The predicted octanol–water partition coefficient (Wildman–Crippen LogP) is 4.21. The maximum Gasteiger partial charge on any atom is 0.230 e. The van der Waals surface area contributed by atoms with E-state index in [0.717, 1.165) is 42.7 Å². The third kappa shape index (κ3) is 3.99. The van der Waals surface area contributed by atoms with Gasteiger partial charge in [0.05, 0.1) is 30.7 Å². The number of likely N-dealkylation sites (N-methyl/N-ethyl adjacent to an activating group) is 1. The Labute approximate surface area is 176 Å². The summed E-state index contributed by atoms with van der Waals surface area (Å²) in [6.07, 6.45) is 6.29. The number of aliphatic hydroxyl groups is 1. The van der Waals surface area contributed by atoms with E-state index in [9.17, 15) is 14.3 Å². The monoisotopic (exact) mass is 412 g/mol. The first kappa shape index (κ1) is 20.6. The lowest BCUT2D eigenvalue weighted by atomic mass is 9.88. The second-order valence-corrected chi connectivity index (χ2v) is 8.39. The second kappa shape index (κ2) is 8.60. The molecule has 1 aliphatic carbocycles. The van der Waals surface area contributed by atoms with Crippen molar-refractivity contribution in [2.75, 3.05) is 28.8 Å². The molecule has 2 aliphatic rings. The number of amides is 1. The fourth-order valence-electron chi connectivity index (χ4n) is 4.31. The molecule has 2 heterocycles. The van der Waals surface area contributed by atoms with Crippen LogP contribution in [0.25, 0.3) is 0 Å². The first-order valence-corrected chi connectivity index (χ1v) is 10.7. The topological polar surface area (TPSA) is 68.7 Å². The highest BCUT2D eigenvalue weighted by molar-refractivity contribution is 6.00. The summed E-state index contributed by atoms with van der Waals surface area (Å²) in [7, 11) is 1.92. The highest BCUT2D eigenvalue weighted by Crippen LogP contribution is 2.39. The molecular weight excluding hydrogens is 383 g/mol. The number of carbonyl (C=O) groups excluding carboxylic acids is 1. The highest BCUT2D eigenvalue weighted by Gasteiger charge is 2.31. The van der Waals surface area contributed by atoms with Crippen LogP contribution in [0.2, 0.25) is 0 Å². The molecule has 1 aliphatic heterocycles. The lowest BCUT2D eigenvalue weighted by Gasteiger charge is -2.31. The van der Waals surface area contributed by atoms with Crippen molar-refractivity contribution in [1.29, 1.82) is 0 Å². The summed E-state index contributed by atoms with van der Waals surface area (Å²) in [5.41, 5.74) is 3.10. The maximum absolute atomic E-state index is 13.9. The lowest BCUT2D eigenvalue weighted by molar-refractivity contribution is -0.123. The van der Waals surface area contributed by atoms with E-state index in [1.54, 1.807) is 4.90 Å². The maximum atomic E-state index is 13.9. The van der Waals surface area contributed by atoms with Crippen LogP contribution in [0.4, 0.5) is 27.3 Å². The summed E-state index contributed by atoms with van der Waals surface area (Å²) < 4.78 is 13.9. The normalized spacial score (nSPS) is 17.4. The van der Waals surface area contributed by atoms with E-state index in [1.165, 1.54) is 18.7 Å². The lowest BCUT2D eigenvalue weighted by Crippen LogP contribution is -2.37. The van der Waals surface area contributed by atoms with Gasteiger partial charge >= 0.3 is 0 Å². The number of pyridine rings is 1. The molecule has 0 radical (unpaired) electrons. The molecule has 2 N–H and O–H groups in total. The van der Waals surface area contributed by atoms with Gasteiger partial charge in [0.25, 0.3) is 0 Å². The zero-order chi connectivity index (χ0) is 21.3. The number of hydrogen-bond acceptors (Lipinski definition) is 5. The van der Waals surface area contributed by atoms with E-state index in [4.69, 9.17) is 0 Å². The molecule has 1 fully saturated rings. The van der Waals surface area contributed by atoms with Crippen molar-refractivity contribution in [1.82, 2.24) is 4.98 Å². The molecule has 30 heavy (non-hydrogen) atoms. The third-order valence-corrected chi connectivity index (χ3v) is 6.34. The van der Waals surface area contributed by atoms with Crippen LogP contribution in [0.1, 0.15) is 44.6 Å².